The van der Waals surface area contributed by atoms with E-state index in [1.165, 1.54) is 64.2 Å². The number of hydrogen-bond acceptors (Lipinski definition) is 2. The van der Waals surface area contributed by atoms with Crippen LogP contribution in [-0.2, 0) is 9.59 Å². The largest absolute Gasteiger partial charge is 0.481 e. The molecule has 0 aliphatic heterocycles. The Labute approximate surface area is 172 Å². The van der Waals surface area contributed by atoms with E-state index in [2.05, 4.69) is 6.92 Å². The lowest BCUT2D eigenvalue weighted by Crippen LogP contribution is -2.52. The first-order chi connectivity index (χ1) is 13.4. The number of carboxylic acid groups (broad SMARTS) is 2. The lowest BCUT2D eigenvalue weighted by Gasteiger charge is -2.46. The van der Waals surface area contributed by atoms with Crippen LogP contribution in [0.25, 0.3) is 0 Å². The third-order valence-corrected chi connectivity index (χ3v) is 7.18. The molecule has 0 aromatic rings. The molecule has 2 atom stereocenters. The summed E-state index contributed by atoms with van der Waals surface area (Å²) in [6, 6.07) is 0. The van der Waals surface area contributed by atoms with Gasteiger partial charge in [-0.05, 0) is 26.2 Å². The van der Waals surface area contributed by atoms with Crippen LogP contribution in [0.5, 0.6) is 0 Å². The first kappa shape index (κ1) is 25.0. The average molecular weight is 397 g/mol. The molecule has 2 unspecified atom stereocenters. The molecule has 1 rings (SSSR count). The van der Waals surface area contributed by atoms with Gasteiger partial charge in [-0.1, -0.05) is 103 Å². The van der Waals surface area contributed by atoms with Crippen LogP contribution in [0.2, 0.25) is 0 Å². The minimum Gasteiger partial charge on any atom is -0.481 e. The van der Waals surface area contributed by atoms with E-state index >= 15 is 0 Å². The summed E-state index contributed by atoms with van der Waals surface area (Å²) in [5.74, 6) is -1.85. The summed E-state index contributed by atoms with van der Waals surface area (Å²) in [6.07, 6.45) is 19.4. The lowest BCUT2D eigenvalue weighted by atomic mass is 9.55. The first-order valence-corrected chi connectivity index (χ1v) is 11.9. The topological polar surface area (TPSA) is 74.6 Å². The maximum absolute atomic E-state index is 12.1. The molecule has 0 spiro atoms. The van der Waals surface area contributed by atoms with Gasteiger partial charge < -0.3 is 10.2 Å². The highest BCUT2D eigenvalue weighted by molar-refractivity contribution is 5.86. The molecule has 2 N–H and O–H groups in total. The van der Waals surface area contributed by atoms with Crippen molar-refractivity contribution in [2.24, 2.45) is 10.8 Å². The minimum absolute atomic E-state index is 0.479. The number of carbonyl (C=O) groups is 2. The molecular weight excluding hydrogens is 352 g/mol. The molecule has 1 aliphatic carbocycles. The van der Waals surface area contributed by atoms with Crippen LogP contribution < -0.4 is 0 Å². The Morgan fingerprint density at radius 2 is 1.11 bits per heavy atom. The van der Waals surface area contributed by atoms with Crippen molar-refractivity contribution in [2.75, 3.05) is 0 Å². The Hall–Kier alpha value is -1.06. The molecule has 0 saturated heterocycles. The van der Waals surface area contributed by atoms with Gasteiger partial charge in [0.25, 0.3) is 0 Å². The fourth-order valence-corrected chi connectivity index (χ4v) is 5.03. The number of carboxylic acids is 2. The minimum atomic E-state index is -1.13. The summed E-state index contributed by atoms with van der Waals surface area (Å²) in [5, 5.41) is 19.6. The molecule has 1 aliphatic rings. The van der Waals surface area contributed by atoms with Crippen molar-refractivity contribution in [3.8, 4) is 0 Å². The monoisotopic (exact) mass is 396 g/mol. The van der Waals surface area contributed by atoms with Gasteiger partial charge in [-0.25, -0.2) is 0 Å². The van der Waals surface area contributed by atoms with E-state index in [4.69, 9.17) is 0 Å². The van der Waals surface area contributed by atoms with Crippen molar-refractivity contribution >= 4 is 11.9 Å². The Kier molecular flexibility index (Phi) is 11.8. The highest BCUT2D eigenvalue weighted by Crippen LogP contribution is 2.54. The Morgan fingerprint density at radius 3 is 1.54 bits per heavy atom. The zero-order chi connectivity index (χ0) is 20.9. The van der Waals surface area contributed by atoms with Gasteiger partial charge in [-0.15, -0.1) is 0 Å². The highest BCUT2D eigenvalue weighted by Gasteiger charge is 2.58. The SMILES string of the molecule is CCCCCCCCCCCCCCCC1(C(=O)O)CCCCC1(C)C(=O)O. The summed E-state index contributed by atoms with van der Waals surface area (Å²) in [5.41, 5.74) is -2.22. The predicted molar refractivity (Wildman–Crippen MR) is 115 cm³/mol. The second-order valence-corrected chi connectivity index (χ2v) is 9.22. The van der Waals surface area contributed by atoms with E-state index in [1.807, 2.05) is 0 Å². The summed E-state index contributed by atoms with van der Waals surface area (Å²) in [7, 11) is 0. The zero-order valence-corrected chi connectivity index (χ0v) is 18.4. The fraction of sp³-hybridized carbons (Fsp3) is 0.917. The van der Waals surface area contributed by atoms with Crippen LogP contribution >= 0.6 is 0 Å². The van der Waals surface area contributed by atoms with Gasteiger partial charge in [-0.3, -0.25) is 9.59 Å². The van der Waals surface area contributed by atoms with Crippen molar-refractivity contribution in [1.29, 1.82) is 0 Å². The molecule has 164 valence electrons. The molecule has 4 nitrogen and oxygen atoms in total. The standard InChI is InChI=1S/C24H44O4/c1-3-4-5-6-7-8-9-10-11-12-13-14-15-19-24(22(27)28)20-17-16-18-23(24,2)21(25)26/h3-20H2,1-2H3,(H,25,26)(H,27,28). The van der Waals surface area contributed by atoms with Gasteiger partial charge in [-0.2, -0.15) is 0 Å². The number of aliphatic carboxylic acids is 2. The third-order valence-electron chi connectivity index (χ3n) is 7.18. The Balaban J connectivity index is 2.21. The molecule has 0 amide bonds. The number of unbranched alkanes of at least 4 members (excludes halogenated alkanes) is 12. The van der Waals surface area contributed by atoms with Crippen LogP contribution in [-0.4, -0.2) is 22.2 Å². The molecule has 1 fully saturated rings. The quantitative estimate of drug-likeness (QED) is 0.270. The first-order valence-electron chi connectivity index (χ1n) is 11.9. The molecule has 0 heterocycles. The second kappa shape index (κ2) is 13.2. The number of hydrogen-bond donors (Lipinski definition) is 2. The van der Waals surface area contributed by atoms with Gasteiger partial charge in [0.2, 0.25) is 0 Å². The highest BCUT2D eigenvalue weighted by atomic mass is 16.4. The van der Waals surface area contributed by atoms with Crippen LogP contribution in [0.3, 0.4) is 0 Å². The summed E-state index contributed by atoms with van der Waals surface area (Å²) in [6.45, 7) is 3.91. The van der Waals surface area contributed by atoms with Crippen molar-refractivity contribution < 1.29 is 19.8 Å². The average Bonchev–Trinajstić information content (AvgIpc) is 2.66. The lowest BCUT2D eigenvalue weighted by molar-refractivity contribution is -0.179. The van der Waals surface area contributed by atoms with Crippen molar-refractivity contribution in [1.82, 2.24) is 0 Å². The van der Waals surface area contributed by atoms with Gasteiger partial charge in [0.1, 0.15) is 0 Å². The summed E-state index contributed by atoms with van der Waals surface area (Å²) < 4.78 is 0. The van der Waals surface area contributed by atoms with Crippen LogP contribution in [0.1, 0.15) is 129 Å². The fourth-order valence-electron chi connectivity index (χ4n) is 5.03. The van der Waals surface area contributed by atoms with Gasteiger partial charge in [0.15, 0.2) is 0 Å². The molecule has 0 bridgehead atoms. The van der Waals surface area contributed by atoms with E-state index in [1.54, 1.807) is 6.92 Å². The molecular formula is C24H44O4. The van der Waals surface area contributed by atoms with Crippen LogP contribution in [0.15, 0.2) is 0 Å². The molecule has 0 aromatic heterocycles. The zero-order valence-electron chi connectivity index (χ0n) is 18.4. The summed E-state index contributed by atoms with van der Waals surface area (Å²) in [4.78, 5) is 23.9. The predicted octanol–water partition coefficient (Wildman–Crippen LogP) is 7.20. The van der Waals surface area contributed by atoms with Crippen LogP contribution in [0, 0.1) is 10.8 Å². The third kappa shape index (κ3) is 7.08. The van der Waals surface area contributed by atoms with Crippen molar-refractivity contribution in [3.05, 3.63) is 0 Å². The van der Waals surface area contributed by atoms with Crippen molar-refractivity contribution in [3.63, 3.8) is 0 Å². The van der Waals surface area contributed by atoms with E-state index in [-0.39, 0.29) is 0 Å². The molecule has 28 heavy (non-hydrogen) atoms. The summed E-state index contributed by atoms with van der Waals surface area (Å²) >= 11 is 0. The maximum atomic E-state index is 12.1. The molecule has 4 heteroatoms. The smallest absolute Gasteiger partial charge is 0.310 e. The van der Waals surface area contributed by atoms with E-state index in [0.717, 1.165) is 32.1 Å². The van der Waals surface area contributed by atoms with Crippen molar-refractivity contribution in [2.45, 2.75) is 129 Å². The Bertz CT molecular complexity index is 462. The van der Waals surface area contributed by atoms with Gasteiger partial charge in [0, 0.05) is 0 Å². The van der Waals surface area contributed by atoms with Gasteiger partial charge in [0.05, 0.1) is 10.8 Å². The molecule has 1 saturated carbocycles. The second-order valence-electron chi connectivity index (χ2n) is 9.22. The van der Waals surface area contributed by atoms with E-state index in [0.29, 0.717) is 19.3 Å². The van der Waals surface area contributed by atoms with Gasteiger partial charge >= 0.3 is 11.9 Å². The van der Waals surface area contributed by atoms with E-state index in [9.17, 15) is 19.8 Å². The van der Waals surface area contributed by atoms with E-state index < -0.39 is 22.8 Å². The Morgan fingerprint density at radius 1 is 0.679 bits per heavy atom. The molecule has 0 radical (unpaired) electrons. The normalized spacial score (nSPS) is 24.9. The molecule has 0 aromatic carbocycles. The van der Waals surface area contributed by atoms with Crippen LogP contribution in [0.4, 0.5) is 0 Å². The maximum Gasteiger partial charge on any atom is 0.310 e. The number of rotatable bonds is 16.